The molecule has 0 aliphatic heterocycles. The van der Waals surface area contributed by atoms with Gasteiger partial charge in [0.05, 0.1) is 0 Å². The maximum Gasteiger partial charge on any atom is 0.412 e. The first-order valence-corrected chi connectivity index (χ1v) is 6.69. The Hall–Kier alpha value is -1.81. The molecule has 0 saturated heterocycles. The molecule has 102 valence electrons. The van der Waals surface area contributed by atoms with E-state index < -0.39 is 6.09 Å². The highest BCUT2D eigenvalue weighted by Crippen LogP contribution is 2.13. The maximum absolute atomic E-state index is 11.8. The molecule has 0 bridgehead atoms. The topological polar surface area (TPSA) is 64.3 Å². The van der Waals surface area contributed by atoms with Crippen LogP contribution in [0, 0.1) is 0 Å². The van der Waals surface area contributed by atoms with Crippen LogP contribution in [0.25, 0.3) is 0 Å². The maximum atomic E-state index is 11.8. The van der Waals surface area contributed by atoms with Crippen molar-refractivity contribution in [1.29, 1.82) is 0 Å². The van der Waals surface area contributed by atoms with Gasteiger partial charge in [0.25, 0.3) is 0 Å². The zero-order valence-corrected chi connectivity index (χ0v) is 10.9. The van der Waals surface area contributed by atoms with Crippen molar-refractivity contribution in [2.45, 2.75) is 37.8 Å². The second-order valence-corrected chi connectivity index (χ2v) is 4.74. The highest BCUT2D eigenvalue weighted by molar-refractivity contribution is 5.70. The van der Waals surface area contributed by atoms with Crippen molar-refractivity contribution in [3.05, 3.63) is 42.5 Å². The summed E-state index contributed by atoms with van der Waals surface area (Å²) in [7, 11) is 0. The Morgan fingerprint density at radius 1 is 1.16 bits per heavy atom. The molecule has 2 atom stereocenters. The van der Waals surface area contributed by atoms with E-state index in [0.717, 1.165) is 25.7 Å². The van der Waals surface area contributed by atoms with E-state index in [1.165, 1.54) is 0 Å². The van der Waals surface area contributed by atoms with Crippen molar-refractivity contribution in [1.82, 2.24) is 5.32 Å². The van der Waals surface area contributed by atoms with Gasteiger partial charge in [-0.2, -0.15) is 0 Å². The minimum Gasteiger partial charge on any atom is -0.410 e. The molecule has 0 unspecified atom stereocenters. The van der Waals surface area contributed by atoms with Crippen LogP contribution in [-0.4, -0.2) is 18.2 Å². The molecule has 0 radical (unpaired) electrons. The smallest absolute Gasteiger partial charge is 0.410 e. The van der Waals surface area contributed by atoms with Crippen molar-refractivity contribution in [3.8, 4) is 5.75 Å². The zero-order valence-electron chi connectivity index (χ0n) is 10.9. The third-order valence-corrected chi connectivity index (χ3v) is 3.25. The third kappa shape index (κ3) is 4.41. The molecule has 1 aromatic carbocycles. The lowest BCUT2D eigenvalue weighted by molar-refractivity contribution is 0.192. The Kier molecular flexibility index (Phi) is 4.98. The van der Waals surface area contributed by atoms with Gasteiger partial charge in [-0.1, -0.05) is 30.4 Å². The van der Waals surface area contributed by atoms with Crippen LogP contribution >= 0.6 is 0 Å². The minimum absolute atomic E-state index is 0.0201. The van der Waals surface area contributed by atoms with E-state index in [2.05, 4.69) is 17.5 Å². The highest BCUT2D eigenvalue weighted by Gasteiger charge is 2.20. The predicted molar refractivity (Wildman–Crippen MR) is 75.0 cm³/mol. The predicted octanol–water partition coefficient (Wildman–Crippen LogP) is 2.60. The Bertz CT molecular complexity index is 431. The highest BCUT2D eigenvalue weighted by atomic mass is 16.6. The van der Waals surface area contributed by atoms with Gasteiger partial charge < -0.3 is 15.8 Å². The number of allylic oxidation sites excluding steroid dienone is 2. The molecule has 1 aromatic rings. The van der Waals surface area contributed by atoms with Crippen LogP contribution in [0.4, 0.5) is 4.79 Å². The molecule has 1 amide bonds. The summed E-state index contributed by atoms with van der Waals surface area (Å²) in [4.78, 5) is 11.8. The van der Waals surface area contributed by atoms with Crippen LogP contribution < -0.4 is 15.8 Å². The van der Waals surface area contributed by atoms with Gasteiger partial charge in [-0.3, -0.25) is 0 Å². The Balaban J connectivity index is 1.88. The second kappa shape index (κ2) is 6.95. The van der Waals surface area contributed by atoms with Crippen molar-refractivity contribution in [3.63, 3.8) is 0 Å². The van der Waals surface area contributed by atoms with Gasteiger partial charge in [0.15, 0.2) is 0 Å². The van der Waals surface area contributed by atoms with Gasteiger partial charge in [-0.25, -0.2) is 4.79 Å². The number of nitrogens with one attached hydrogen (secondary N) is 1. The number of carbonyl (C=O) groups excluding carboxylic acids is 1. The van der Waals surface area contributed by atoms with E-state index in [9.17, 15) is 4.79 Å². The van der Waals surface area contributed by atoms with Crippen LogP contribution in [0.15, 0.2) is 42.5 Å². The van der Waals surface area contributed by atoms with Crippen LogP contribution in [-0.2, 0) is 0 Å². The number of nitrogens with two attached hydrogens (primary N) is 1. The van der Waals surface area contributed by atoms with Gasteiger partial charge in [0.1, 0.15) is 5.75 Å². The molecule has 4 heteroatoms. The van der Waals surface area contributed by atoms with Crippen LogP contribution in [0.2, 0.25) is 0 Å². The summed E-state index contributed by atoms with van der Waals surface area (Å²) in [5, 5.41) is 2.86. The molecular formula is C15H20N2O2. The zero-order chi connectivity index (χ0) is 13.5. The number of amides is 1. The van der Waals surface area contributed by atoms with Crippen LogP contribution in [0.1, 0.15) is 25.7 Å². The standard InChI is InChI=1S/C15H20N2O2/c16-13-10-6-1-2-7-11-14(13)17-15(18)19-12-8-4-3-5-9-12/h1-5,8-9,13-14H,6-7,10-11,16H2,(H,17,18)/b2-1+/t13-,14+/m0/s1. The van der Waals surface area contributed by atoms with Crippen molar-refractivity contribution >= 4 is 6.09 Å². The molecule has 0 saturated carbocycles. The fourth-order valence-electron chi connectivity index (χ4n) is 2.17. The van der Waals surface area contributed by atoms with E-state index in [0.29, 0.717) is 5.75 Å². The molecule has 0 fully saturated rings. The molecule has 0 spiro atoms. The Morgan fingerprint density at radius 2 is 1.84 bits per heavy atom. The SMILES string of the molecule is N[C@H]1CC/C=C/CC[C@H]1NC(=O)Oc1ccccc1. The number of rotatable bonds is 2. The summed E-state index contributed by atoms with van der Waals surface area (Å²) in [5.41, 5.74) is 6.09. The first-order chi connectivity index (χ1) is 9.25. The quantitative estimate of drug-likeness (QED) is 0.803. The summed E-state index contributed by atoms with van der Waals surface area (Å²) < 4.78 is 5.21. The van der Waals surface area contributed by atoms with E-state index in [4.69, 9.17) is 10.5 Å². The van der Waals surface area contributed by atoms with E-state index in [1.54, 1.807) is 12.1 Å². The minimum atomic E-state index is -0.434. The molecule has 19 heavy (non-hydrogen) atoms. The lowest BCUT2D eigenvalue weighted by atomic mass is 9.96. The number of benzene rings is 1. The number of para-hydroxylation sites is 1. The summed E-state index contributed by atoms with van der Waals surface area (Å²) >= 11 is 0. The molecule has 4 nitrogen and oxygen atoms in total. The summed E-state index contributed by atoms with van der Waals surface area (Å²) in [6, 6.07) is 8.99. The third-order valence-electron chi connectivity index (χ3n) is 3.25. The number of hydrogen-bond donors (Lipinski definition) is 2. The molecule has 3 N–H and O–H groups in total. The van der Waals surface area contributed by atoms with Gasteiger partial charge in [0.2, 0.25) is 0 Å². The average molecular weight is 260 g/mol. The van der Waals surface area contributed by atoms with Gasteiger partial charge in [0, 0.05) is 12.1 Å². The number of ether oxygens (including phenoxy) is 1. The largest absolute Gasteiger partial charge is 0.412 e. The monoisotopic (exact) mass is 260 g/mol. The second-order valence-electron chi connectivity index (χ2n) is 4.74. The molecule has 1 aliphatic carbocycles. The van der Waals surface area contributed by atoms with Crippen molar-refractivity contribution in [2.75, 3.05) is 0 Å². The molecule has 2 rings (SSSR count). The van der Waals surface area contributed by atoms with E-state index in [-0.39, 0.29) is 12.1 Å². The summed E-state index contributed by atoms with van der Waals surface area (Å²) in [6.07, 6.45) is 7.49. The molecule has 0 heterocycles. The van der Waals surface area contributed by atoms with E-state index in [1.807, 2.05) is 18.2 Å². The summed E-state index contributed by atoms with van der Waals surface area (Å²) in [6.45, 7) is 0. The van der Waals surface area contributed by atoms with E-state index >= 15 is 0 Å². The fourth-order valence-corrected chi connectivity index (χ4v) is 2.17. The molecule has 1 aliphatic rings. The lowest BCUT2D eigenvalue weighted by Crippen LogP contribution is -2.48. The van der Waals surface area contributed by atoms with Gasteiger partial charge in [-0.05, 0) is 37.8 Å². The number of hydrogen-bond acceptors (Lipinski definition) is 3. The molecule has 0 aromatic heterocycles. The van der Waals surface area contributed by atoms with Crippen molar-refractivity contribution < 1.29 is 9.53 Å². The Morgan fingerprint density at radius 3 is 2.58 bits per heavy atom. The summed E-state index contributed by atoms with van der Waals surface area (Å²) in [5.74, 6) is 0.541. The fraction of sp³-hybridized carbons (Fsp3) is 0.400. The van der Waals surface area contributed by atoms with Gasteiger partial charge in [-0.15, -0.1) is 0 Å². The van der Waals surface area contributed by atoms with Crippen LogP contribution in [0.5, 0.6) is 5.75 Å². The van der Waals surface area contributed by atoms with Crippen molar-refractivity contribution in [2.24, 2.45) is 5.73 Å². The molecular weight excluding hydrogens is 240 g/mol. The van der Waals surface area contributed by atoms with Crippen LogP contribution in [0.3, 0.4) is 0 Å². The first kappa shape index (κ1) is 13.6. The normalized spacial score (nSPS) is 24.9. The first-order valence-electron chi connectivity index (χ1n) is 6.69. The Labute approximate surface area is 113 Å². The lowest BCUT2D eigenvalue weighted by Gasteiger charge is -2.25. The number of carbonyl (C=O) groups is 1. The van der Waals surface area contributed by atoms with Gasteiger partial charge >= 0.3 is 6.09 Å². The average Bonchev–Trinajstić information content (AvgIpc) is 2.40.